The topological polar surface area (TPSA) is 81.4 Å². The minimum Gasteiger partial charge on any atom is -0.381 e. The molecule has 0 aliphatic carbocycles. The van der Waals surface area contributed by atoms with E-state index in [9.17, 15) is 8.42 Å². The molecule has 1 aromatic rings. The van der Waals surface area contributed by atoms with Crippen molar-refractivity contribution in [2.45, 2.75) is 31.7 Å². The summed E-state index contributed by atoms with van der Waals surface area (Å²) in [5.41, 5.74) is 6.39. The number of rotatable bonds is 9. The Morgan fingerprint density at radius 2 is 1.90 bits per heavy atom. The van der Waals surface area contributed by atoms with E-state index in [-0.39, 0.29) is 4.90 Å². The second kappa shape index (κ2) is 8.36. The van der Waals surface area contributed by atoms with Gasteiger partial charge in [0.1, 0.15) is 0 Å². The van der Waals surface area contributed by atoms with Gasteiger partial charge in [0.05, 0.1) is 4.90 Å². The minimum absolute atomic E-state index is 0.262. The summed E-state index contributed by atoms with van der Waals surface area (Å²) >= 11 is 0. The highest BCUT2D eigenvalue weighted by molar-refractivity contribution is 7.89. The van der Waals surface area contributed by atoms with Crippen LogP contribution in [0.5, 0.6) is 0 Å². The molecule has 0 fully saturated rings. The van der Waals surface area contributed by atoms with Crippen molar-refractivity contribution in [1.29, 1.82) is 0 Å². The minimum atomic E-state index is -3.44. The smallest absolute Gasteiger partial charge is 0.240 e. The van der Waals surface area contributed by atoms with Gasteiger partial charge in [-0.3, -0.25) is 0 Å². The lowest BCUT2D eigenvalue weighted by molar-refractivity contribution is 0.108. The summed E-state index contributed by atoms with van der Waals surface area (Å²) < 4.78 is 31.9. The lowest BCUT2D eigenvalue weighted by Crippen LogP contribution is -2.25. The third-order valence-electron chi connectivity index (χ3n) is 2.68. The van der Waals surface area contributed by atoms with Gasteiger partial charge in [0.2, 0.25) is 10.0 Å². The zero-order valence-corrected chi connectivity index (χ0v) is 12.9. The monoisotopic (exact) mass is 300 g/mol. The molecule has 0 atom stereocenters. The summed E-state index contributed by atoms with van der Waals surface area (Å²) in [7, 11) is -3.44. The Labute approximate surface area is 121 Å². The average Bonchev–Trinajstić information content (AvgIpc) is 2.42. The van der Waals surface area contributed by atoms with Crippen LogP contribution in [0.25, 0.3) is 0 Å². The highest BCUT2D eigenvalue weighted by Gasteiger charge is 2.12. The quantitative estimate of drug-likeness (QED) is 0.677. The molecule has 114 valence electrons. The first kappa shape index (κ1) is 17.1. The maximum absolute atomic E-state index is 12.0. The molecule has 0 unspecified atom stereocenters. The molecule has 5 nitrogen and oxygen atoms in total. The SMILES string of the molecule is CC(C)COCCCNS(=O)(=O)c1ccc(CN)cc1. The molecule has 1 aromatic carbocycles. The van der Waals surface area contributed by atoms with Crippen LogP contribution < -0.4 is 10.5 Å². The van der Waals surface area contributed by atoms with Crippen LogP contribution in [0.3, 0.4) is 0 Å². The lowest BCUT2D eigenvalue weighted by Gasteiger charge is -2.09. The Bertz CT molecular complexity index is 484. The number of hydrogen-bond donors (Lipinski definition) is 2. The van der Waals surface area contributed by atoms with Crippen molar-refractivity contribution in [3.05, 3.63) is 29.8 Å². The summed E-state index contributed by atoms with van der Waals surface area (Å²) in [4.78, 5) is 0.262. The molecule has 0 radical (unpaired) electrons. The fraction of sp³-hybridized carbons (Fsp3) is 0.571. The Morgan fingerprint density at radius 3 is 2.45 bits per heavy atom. The molecular formula is C14H24N2O3S. The molecule has 0 aliphatic heterocycles. The van der Waals surface area contributed by atoms with Crippen LogP contribution in [-0.2, 0) is 21.3 Å². The fourth-order valence-corrected chi connectivity index (χ4v) is 2.66. The summed E-state index contributed by atoms with van der Waals surface area (Å²) in [6, 6.07) is 6.58. The number of hydrogen-bond acceptors (Lipinski definition) is 4. The Hall–Kier alpha value is -0.950. The molecule has 0 bridgehead atoms. The van der Waals surface area contributed by atoms with Crippen molar-refractivity contribution in [2.24, 2.45) is 11.7 Å². The number of ether oxygens (including phenoxy) is 1. The number of nitrogens with two attached hydrogens (primary N) is 1. The maximum Gasteiger partial charge on any atom is 0.240 e. The third kappa shape index (κ3) is 6.00. The predicted octanol–water partition coefficient (Wildman–Crippen LogP) is 1.49. The maximum atomic E-state index is 12.0. The molecule has 0 aromatic heterocycles. The number of nitrogens with one attached hydrogen (secondary N) is 1. The number of sulfonamides is 1. The zero-order chi connectivity index (χ0) is 15.0. The van der Waals surface area contributed by atoms with Gasteiger partial charge < -0.3 is 10.5 Å². The van der Waals surface area contributed by atoms with Crippen molar-refractivity contribution in [1.82, 2.24) is 4.72 Å². The highest BCUT2D eigenvalue weighted by Crippen LogP contribution is 2.10. The zero-order valence-electron chi connectivity index (χ0n) is 12.1. The van der Waals surface area contributed by atoms with Gasteiger partial charge in [-0.2, -0.15) is 0 Å². The standard InChI is InChI=1S/C14H24N2O3S/c1-12(2)11-19-9-3-8-16-20(17,18)14-6-4-13(10-15)5-7-14/h4-7,12,16H,3,8-11,15H2,1-2H3. The molecular weight excluding hydrogens is 276 g/mol. The Morgan fingerprint density at radius 1 is 1.25 bits per heavy atom. The van der Waals surface area contributed by atoms with Gasteiger partial charge in [-0.1, -0.05) is 26.0 Å². The van der Waals surface area contributed by atoms with Crippen LogP contribution in [0.4, 0.5) is 0 Å². The molecule has 0 spiro atoms. The fourth-order valence-electron chi connectivity index (χ4n) is 1.59. The van der Waals surface area contributed by atoms with Gasteiger partial charge in [-0.25, -0.2) is 13.1 Å². The largest absolute Gasteiger partial charge is 0.381 e. The van der Waals surface area contributed by atoms with E-state index in [0.29, 0.717) is 38.6 Å². The van der Waals surface area contributed by atoms with E-state index >= 15 is 0 Å². The van der Waals surface area contributed by atoms with Crippen molar-refractivity contribution in [3.63, 3.8) is 0 Å². The van der Waals surface area contributed by atoms with Crippen LogP contribution in [0.15, 0.2) is 29.2 Å². The molecule has 6 heteroatoms. The van der Waals surface area contributed by atoms with E-state index in [4.69, 9.17) is 10.5 Å². The van der Waals surface area contributed by atoms with Crippen LogP contribution in [-0.4, -0.2) is 28.2 Å². The predicted molar refractivity (Wildman–Crippen MR) is 79.8 cm³/mol. The molecule has 0 saturated heterocycles. The van der Waals surface area contributed by atoms with Crippen LogP contribution >= 0.6 is 0 Å². The normalized spacial score (nSPS) is 12.0. The van der Waals surface area contributed by atoms with E-state index in [2.05, 4.69) is 18.6 Å². The molecule has 3 N–H and O–H groups in total. The van der Waals surface area contributed by atoms with Crippen molar-refractivity contribution >= 4 is 10.0 Å². The van der Waals surface area contributed by atoms with Crippen LogP contribution in [0.2, 0.25) is 0 Å². The van der Waals surface area contributed by atoms with Gasteiger partial charge >= 0.3 is 0 Å². The van der Waals surface area contributed by atoms with Crippen LogP contribution in [0, 0.1) is 5.92 Å². The number of benzene rings is 1. The molecule has 0 heterocycles. The van der Waals surface area contributed by atoms with Crippen LogP contribution in [0.1, 0.15) is 25.8 Å². The van der Waals surface area contributed by atoms with Crippen molar-refractivity contribution < 1.29 is 13.2 Å². The van der Waals surface area contributed by atoms with Gasteiger partial charge in [-0.05, 0) is 30.0 Å². The lowest BCUT2D eigenvalue weighted by atomic mass is 10.2. The summed E-state index contributed by atoms with van der Waals surface area (Å²) in [6.07, 6.45) is 0.660. The summed E-state index contributed by atoms with van der Waals surface area (Å²) in [5, 5.41) is 0. The van der Waals surface area contributed by atoms with E-state index in [1.807, 2.05) is 0 Å². The van der Waals surface area contributed by atoms with Crippen molar-refractivity contribution in [3.8, 4) is 0 Å². The van der Waals surface area contributed by atoms with Gasteiger partial charge in [-0.15, -0.1) is 0 Å². The first-order chi connectivity index (χ1) is 9.45. The van der Waals surface area contributed by atoms with Gasteiger partial charge in [0, 0.05) is 26.3 Å². The second-order valence-corrected chi connectivity index (χ2v) is 6.84. The van der Waals surface area contributed by atoms with E-state index in [1.165, 1.54) is 0 Å². The molecule has 20 heavy (non-hydrogen) atoms. The first-order valence-corrected chi connectivity index (χ1v) is 8.30. The van der Waals surface area contributed by atoms with Crippen molar-refractivity contribution in [2.75, 3.05) is 19.8 Å². The molecule has 0 amide bonds. The molecule has 0 saturated carbocycles. The summed E-state index contributed by atoms with van der Waals surface area (Å²) in [6.45, 7) is 6.20. The molecule has 0 aliphatic rings. The summed E-state index contributed by atoms with van der Waals surface area (Å²) in [5.74, 6) is 0.493. The Balaban J connectivity index is 2.37. The Kier molecular flexibility index (Phi) is 7.15. The van der Waals surface area contributed by atoms with Gasteiger partial charge in [0.25, 0.3) is 0 Å². The third-order valence-corrected chi connectivity index (χ3v) is 4.16. The highest BCUT2D eigenvalue weighted by atomic mass is 32.2. The van der Waals surface area contributed by atoms with E-state index < -0.39 is 10.0 Å². The first-order valence-electron chi connectivity index (χ1n) is 6.82. The average molecular weight is 300 g/mol. The second-order valence-electron chi connectivity index (χ2n) is 5.07. The van der Waals surface area contributed by atoms with Gasteiger partial charge in [0.15, 0.2) is 0 Å². The molecule has 1 rings (SSSR count). The van der Waals surface area contributed by atoms with E-state index in [0.717, 1.165) is 5.56 Å². The van der Waals surface area contributed by atoms with E-state index in [1.54, 1.807) is 24.3 Å².